The van der Waals surface area contributed by atoms with Gasteiger partial charge in [0.25, 0.3) is 11.6 Å². The van der Waals surface area contributed by atoms with Crippen LogP contribution in [0, 0.1) is 10.1 Å². The van der Waals surface area contributed by atoms with E-state index in [0.29, 0.717) is 6.42 Å². The lowest BCUT2D eigenvalue weighted by Crippen LogP contribution is -2.39. The monoisotopic (exact) mass is 297 g/mol. The topological polar surface area (TPSA) is 117 Å². The maximum absolute atomic E-state index is 12.2. The van der Waals surface area contributed by atoms with E-state index in [1.165, 1.54) is 20.3 Å². The summed E-state index contributed by atoms with van der Waals surface area (Å²) in [5.41, 5.74) is 5.07. The van der Waals surface area contributed by atoms with Crippen molar-refractivity contribution in [3.8, 4) is 11.5 Å². The van der Waals surface area contributed by atoms with Crippen LogP contribution in [0.2, 0.25) is 0 Å². The van der Waals surface area contributed by atoms with Gasteiger partial charge in [0.1, 0.15) is 5.56 Å². The van der Waals surface area contributed by atoms with E-state index in [-0.39, 0.29) is 35.3 Å². The summed E-state index contributed by atoms with van der Waals surface area (Å²) in [6, 6.07) is 2.21. The lowest BCUT2D eigenvalue weighted by Gasteiger charge is -2.15. The zero-order valence-corrected chi connectivity index (χ0v) is 12.2. The number of hydrogen-bond donors (Lipinski definition) is 2. The van der Waals surface area contributed by atoms with Crippen LogP contribution >= 0.6 is 0 Å². The Hall–Kier alpha value is -2.35. The van der Waals surface area contributed by atoms with Crippen molar-refractivity contribution in [3.05, 3.63) is 27.8 Å². The molecule has 0 radical (unpaired) electrons. The lowest BCUT2D eigenvalue weighted by atomic mass is 10.1. The molecule has 21 heavy (non-hydrogen) atoms. The van der Waals surface area contributed by atoms with E-state index >= 15 is 0 Å². The van der Waals surface area contributed by atoms with Crippen molar-refractivity contribution in [1.29, 1.82) is 0 Å². The number of nitrogens with zero attached hydrogens (tertiary/aromatic N) is 1. The number of nitro benzene ring substituents is 1. The number of rotatable bonds is 7. The van der Waals surface area contributed by atoms with Gasteiger partial charge in [-0.1, -0.05) is 6.92 Å². The van der Waals surface area contributed by atoms with Gasteiger partial charge in [0.05, 0.1) is 25.2 Å². The van der Waals surface area contributed by atoms with Gasteiger partial charge in [0.15, 0.2) is 11.5 Å². The minimum Gasteiger partial charge on any atom is -0.493 e. The highest BCUT2D eigenvalue weighted by Crippen LogP contribution is 2.34. The Morgan fingerprint density at radius 1 is 1.38 bits per heavy atom. The van der Waals surface area contributed by atoms with Crippen LogP contribution in [0.1, 0.15) is 23.7 Å². The molecule has 8 nitrogen and oxygen atoms in total. The van der Waals surface area contributed by atoms with Crippen molar-refractivity contribution >= 4 is 11.6 Å². The summed E-state index contributed by atoms with van der Waals surface area (Å²) < 4.78 is 10.1. The highest BCUT2D eigenvalue weighted by Gasteiger charge is 2.25. The predicted octanol–water partition coefficient (Wildman–Crippen LogP) is 1.08. The van der Waals surface area contributed by atoms with Crippen LogP contribution in [0.15, 0.2) is 12.1 Å². The number of methoxy groups -OCH3 is 2. The van der Waals surface area contributed by atoms with Crippen molar-refractivity contribution in [2.75, 3.05) is 20.8 Å². The van der Waals surface area contributed by atoms with Gasteiger partial charge in [-0.05, 0) is 6.42 Å². The molecule has 1 unspecified atom stereocenters. The molecule has 0 aliphatic heterocycles. The molecule has 0 aromatic heterocycles. The first-order valence-electron chi connectivity index (χ1n) is 6.39. The predicted molar refractivity (Wildman–Crippen MR) is 76.8 cm³/mol. The third-order valence-electron chi connectivity index (χ3n) is 3.06. The lowest BCUT2D eigenvalue weighted by molar-refractivity contribution is -0.385. The molecule has 0 spiro atoms. The molecule has 0 fully saturated rings. The second kappa shape index (κ2) is 7.44. The molecule has 0 heterocycles. The van der Waals surface area contributed by atoms with E-state index in [1.54, 1.807) is 0 Å². The molecule has 1 aromatic rings. The van der Waals surface area contributed by atoms with Crippen molar-refractivity contribution in [3.63, 3.8) is 0 Å². The normalized spacial score (nSPS) is 11.6. The van der Waals surface area contributed by atoms with Crippen molar-refractivity contribution in [2.45, 2.75) is 19.4 Å². The quantitative estimate of drug-likeness (QED) is 0.574. The Bertz CT molecular complexity index is 529. The third kappa shape index (κ3) is 3.82. The minimum atomic E-state index is -0.639. The number of nitro groups is 1. The number of benzene rings is 1. The molecule has 1 amide bonds. The largest absolute Gasteiger partial charge is 0.493 e. The number of hydrogen-bond acceptors (Lipinski definition) is 6. The number of carbonyl (C=O) groups excluding carboxylic acids is 1. The molecule has 0 saturated carbocycles. The Labute approximate surface area is 122 Å². The van der Waals surface area contributed by atoms with Crippen molar-refractivity contribution in [1.82, 2.24) is 5.32 Å². The molecular weight excluding hydrogens is 278 g/mol. The van der Waals surface area contributed by atoms with Crippen LogP contribution in [-0.2, 0) is 0 Å². The molecule has 0 aliphatic carbocycles. The molecule has 1 aromatic carbocycles. The average Bonchev–Trinajstić information content (AvgIpc) is 2.50. The summed E-state index contributed by atoms with van der Waals surface area (Å²) in [7, 11) is 2.75. The van der Waals surface area contributed by atoms with Crippen LogP contribution in [0.25, 0.3) is 0 Å². The van der Waals surface area contributed by atoms with E-state index in [2.05, 4.69) is 5.32 Å². The molecule has 0 saturated heterocycles. The maximum atomic E-state index is 12.2. The number of nitrogens with two attached hydrogens (primary N) is 1. The van der Waals surface area contributed by atoms with Gasteiger partial charge in [-0.15, -0.1) is 0 Å². The van der Waals surface area contributed by atoms with Gasteiger partial charge >= 0.3 is 0 Å². The average molecular weight is 297 g/mol. The molecule has 0 bridgehead atoms. The summed E-state index contributed by atoms with van der Waals surface area (Å²) in [4.78, 5) is 22.7. The highest BCUT2D eigenvalue weighted by molar-refractivity contribution is 5.99. The number of nitrogens with one attached hydrogen (secondary N) is 1. The minimum absolute atomic E-state index is 0.0930. The second-order valence-electron chi connectivity index (χ2n) is 4.30. The summed E-state index contributed by atoms with van der Waals surface area (Å²) in [6.07, 6.45) is 0.628. The van der Waals surface area contributed by atoms with Crippen molar-refractivity contribution in [2.24, 2.45) is 5.73 Å². The summed E-state index contributed by atoms with van der Waals surface area (Å²) in [5.74, 6) is -0.138. The van der Waals surface area contributed by atoms with Crippen LogP contribution in [0.3, 0.4) is 0 Å². The van der Waals surface area contributed by atoms with Gasteiger partial charge in [0, 0.05) is 18.7 Å². The molecule has 116 valence electrons. The van der Waals surface area contributed by atoms with Crippen LogP contribution in [0.4, 0.5) is 5.69 Å². The fourth-order valence-electron chi connectivity index (χ4n) is 1.79. The molecule has 3 N–H and O–H groups in total. The summed E-state index contributed by atoms with van der Waals surface area (Å²) in [6.45, 7) is 2.12. The van der Waals surface area contributed by atoms with Crippen molar-refractivity contribution < 1.29 is 19.2 Å². The summed E-state index contributed by atoms with van der Waals surface area (Å²) in [5, 5.41) is 13.8. The smallest absolute Gasteiger partial charge is 0.286 e. The van der Waals surface area contributed by atoms with Gasteiger partial charge in [-0.2, -0.15) is 0 Å². The molecule has 1 rings (SSSR count). The van der Waals surface area contributed by atoms with E-state index in [0.717, 1.165) is 6.07 Å². The number of carbonyl (C=O) groups is 1. The zero-order chi connectivity index (χ0) is 16.0. The van der Waals surface area contributed by atoms with Crippen LogP contribution in [0.5, 0.6) is 11.5 Å². The first-order valence-corrected chi connectivity index (χ1v) is 6.39. The molecule has 1 atom stereocenters. The summed E-state index contributed by atoms with van der Waals surface area (Å²) >= 11 is 0. The Morgan fingerprint density at radius 2 is 1.95 bits per heavy atom. The van der Waals surface area contributed by atoms with Gasteiger partial charge < -0.3 is 20.5 Å². The van der Waals surface area contributed by atoms with Gasteiger partial charge in [-0.3, -0.25) is 14.9 Å². The SMILES string of the molecule is CCC(CN)NC(=O)c1cc(OC)c(OC)cc1[N+](=O)[O-]. The first-order chi connectivity index (χ1) is 9.98. The van der Waals surface area contributed by atoms with Crippen LogP contribution < -0.4 is 20.5 Å². The van der Waals surface area contributed by atoms with Crippen LogP contribution in [-0.4, -0.2) is 37.6 Å². The fourth-order valence-corrected chi connectivity index (χ4v) is 1.79. The van der Waals surface area contributed by atoms with E-state index in [4.69, 9.17) is 15.2 Å². The zero-order valence-electron chi connectivity index (χ0n) is 12.2. The Kier molecular flexibility index (Phi) is 5.92. The molecular formula is C13H19N3O5. The Balaban J connectivity index is 3.26. The first kappa shape index (κ1) is 16.7. The third-order valence-corrected chi connectivity index (χ3v) is 3.06. The highest BCUT2D eigenvalue weighted by atomic mass is 16.6. The number of amides is 1. The Morgan fingerprint density at radius 3 is 2.38 bits per heavy atom. The maximum Gasteiger partial charge on any atom is 0.286 e. The van der Waals surface area contributed by atoms with E-state index < -0.39 is 10.8 Å². The number of ether oxygens (including phenoxy) is 2. The van der Waals surface area contributed by atoms with Gasteiger partial charge in [-0.25, -0.2) is 0 Å². The molecule has 0 aliphatic rings. The van der Waals surface area contributed by atoms with E-state index in [1.807, 2.05) is 6.92 Å². The fraction of sp³-hybridized carbons (Fsp3) is 0.462. The van der Waals surface area contributed by atoms with Gasteiger partial charge in [0.2, 0.25) is 0 Å². The second-order valence-corrected chi connectivity index (χ2v) is 4.30. The van der Waals surface area contributed by atoms with E-state index in [9.17, 15) is 14.9 Å². The molecule has 8 heteroatoms. The standard InChI is InChI=1S/C13H19N3O5/c1-4-8(7-14)15-13(17)9-5-11(20-2)12(21-3)6-10(9)16(18)19/h5-6,8H,4,7,14H2,1-3H3,(H,15,17).